The minimum atomic E-state index is 0.413. The summed E-state index contributed by atoms with van der Waals surface area (Å²) in [5.41, 5.74) is 11.2. The maximum atomic E-state index is 10.8. The van der Waals surface area contributed by atoms with E-state index < -0.39 is 0 Å². The van der Waals surface area contributed by atoms with Crippen LogP contribution in [0.5, 0.6) is 0 Å². The van der Waals surface area contributed by atoms with E-state index >= 15 is 0 Å². The zero-order valence-corrected chi connectivity index (χ0v) is 11.7. The van der Waals surface area contributed by atoms with Gasteiger partial charge in [-0.15, -0.1) is 0 Å². The first-order valence-corrected chi connectivity index (χ1v) is 6.97. The van der Waals surface area contributed by atoms with Gasteiger partial charge < -0.3 is 10.7 Å². The fraction of sp³-hybridized carbons (Fsp3) is 0.0667. The topological polar surface area (TPSA) is 71.8 Å². The highest BCUT2D eigenvalue weighted by Gasteiger charge is 2.13. The lowest BCUT2D eigenvalue weighted by molar-refractivity contribution is 0.701. The van der Waals surface area contributed by atoms with Crippen LogP contribution < -0.4 is 5.73 Å². The molecule has 100 valence electrons. The standard InChI is InChI=1S/C15H13N3OS/c1-9-6-7-10(8-20-19)13(14(9)16)15-17-11-4-2-3-5-12(11)18-15/h2-8H,16H2,1H3,(H,17,18). The third-order valence-corrected chi connectivity index (χ3v) is 3.65. The second kappa shape index (κ2) is 4.94. The van der Waals surface area contributed by atoms with Gasteiger partial charge in [0.25, 0.3) is 0 Å². The molecule has 0 aliphatic carbocycles. The molecule has 3 N–H and O–H groups in total. The molecular weight excluding hydrogens is 270 g/mol. The van der Waals surface area contributed by atoms with Crippen LogP contribution in [0.2, 0.25) is 0 Å². The van der Waals surface area contributed by atoms with Crippen LogP contribution in [-0.4, -0.2) is 19.5 Å². The maximum absolute atomic E-state index is 10.8. The Morgan fingerprint density at radius 1 is 1.25 bits per heavy atom. The van der Waals surface area contributed by atoms with Gasteiger partial charge in [-0.1, -0.05) is 24.3 Å². The monoisotopic (exact) mass is 283 g/mol. The molecule has 4 nitrogen and oxygen atoms in total. The molecule has 0 atom stereocenters. The molecule has 2 aromatic carbocycles. The smallest absolute Gasteiger partial charge is 0.141 e. The minimum absolute atomic E-state index is 0.413. The van der Waals surface area contributed by atoms with Gasteiger partial charge in [-0.25, -0.2) is 9.19 Å². The van der Waals surface area contributed by atoms with E-state index in [0.29, 0.717) is 22.8 Å². The lowest BCUT2D eigenvalue weighted by Gasteiger charge is -2.09. The van der Waals surface area contributed by atoms with Gasteiger partial charge in [-0.3, -0.25) is 0 Å². The number of nitrogen functional groups attached to an aromatic ring is 1. The number of nitrogens with one attached hydrogen (secondary N) is 1. The molecule has 3 aromatic rings. The summed E-state index contributed by atoms with van der Waals surface area (Å²) < 4.78 is 10.8. The van der Waals surface area contributed by atoms with E-state index in [1.54, 1.807) is 0 Å². The first-order valence-electron chi connectivity index (χ1n) is 6.16. The largest absolute Gasteiger partial charge is 0.398 e. The number of nitrogens with two attached hydrogens (primary N) is 1. The van der Waals surface area contributed by atoms with Gasteiger partial charge in [0.15, 0.2) is 0 Å². The van der Waals surface area contributed by atoms with Crippen LogP contribution in [0.15, 0.2) is 36.4 Å². The number of anilines is 1. The third kappa shape index (κ3) is 2.02. The van der Waals surface area contributed by atoms with Crippen LogP contribution in [0, 0.1) is 6.92 Å². The van der Waals surface area contributed by atoms with Crippen LogP contribution in [-0.2, 0) is 11.3 Å². The Morgan fingerprint density at radius 3 is 2.80 bits per heavy atom. The number of rotatable bonds is 2. The molecule has 0 bridgehead atoms. The van der Waals surface area contributed by atoms with Gasteiger partial charge in [-0.2, -0.15) is 0 Å². The van der Waals surface area contributed by atoms with Gasteiger partial charge in [0.2, 0.25) is 0 Å². The molecule has 0 saturated heterocycles. The Kier molecular flexibility index (Phi) is 3.12. The summed E-state index contributed by atoms with van der Waals surface area (Å²) >= 11 is 0.413. The number of hydrogen-bond donors (Lipinski definition) is 2. The van der Waals surface area contributed by atoms with Crippen LogP contribution in [0.3, 0.4) is 0 Å². The number of hydrogen-bond acceptors (Lipinski definition) is 3. The van der Waals surface area contributed by atoms with Gasteiger partial charge in [0.1, 0.15) is 5.82 Å². The molecule has 0 aliphatic heterocycles. The van der Waals surface area contributed by atoms with Crippen molar-refractivity contribution in [2.24, 2.45) is 0 Å². The summed E-state index contributed by atoms with van der Waals surface area (Å²) in [7, 11) is 0. The first kappa shape index (κ1) is 12.6. The number of benzene rings is 2. The second-order valence-corrected chi connectivity index (χ2v) is 5.01. The SMILES string of the molecule is Cc1ccc(C=S=O)c(-c2nc3ccccc3[nH]2)c1N. The van der Waals surface area contributed by atoms with Gasteiger partial charge >= 0.3 is 0 Å². The number of aromatic amines is 1. The van der Waals surface area contributed by atoms with Crippen molar-refractivity contribution in [3.63, 3.8) is 0 Å². The van der Waals surface area contributed by atoms with Crippen molar-refractivity contribution in [2.75, 3.05) is 5.73 Å². The molecule has 1 aromatic heterocycles. The highest BCUT2D eigenvalue weighted by atomic mass is 32.1. The van der Waals surface area contributed by atoms with Gasteiger partial charge in [0.05, 0.1) is 22.3 Å². The van der Waals surface area contributed by atoms with Gasteiger partial charge in [0, 0.05) is 22.2 Å². The molecule has 0 amide bonds. The van der Waals surface area contributed by atoms with Crippen molar-refractivity contribution in [1.29, 1.82) is 0 Å². The predicted octanol–water partition coefficient (Wildman–Crippen LogP) is 2.48. The molecule has 20 heavy (non-hydrogen) atoms. The summed E-state index contributed by atoms with van der Waals surface area (Å²) in [6, 6.07) is 11.6. The normalized spacial score (nSPS) is 10.7. The maximum Gasteiger partial charge on any atom is 0.141 e. The summed E-state index contributed by atoms with van der Waals surface area (Å²) in [6.07, 6.45) is 0. The fourth-order valence-electron chi connectivity index (χ4n) is 2.23. The quantitative estimate of drug-likeness (QED) is 0.560. The first-order chi connectivity index (χ1) is 9.70. The van der Waals surface area contributed by atoms with E-state index in [2.05, 4.69) is 9.97 Å². The molecule has 0 unspecified atom stereocenters. The average molecular weight is 283 g/mol. The van der Waals surface area contributed by atoms with E-state index in [1.165, 1.54) is 5.37 Å². The molecule has 5 heteroatoms. The number of para-hydroxylation sites is 2. The molecule has 0 saturated carbocycles. The van der Waals surface area contributed by atoms with Crippen molar-refractivity contribution in [3.05, 3.63) is 47.5 Å². The number of aromatic nitrogens is 2. The lowest BCUT2D eigenvalue weighted by Crippen LogP contribution is -1.99. The van der Waals surface area contributed by atoms with Crippen molar-refractivity contribution in [3.8, 4) is 11.4 Å². The third-order valence-electron chi connectivity index (χ3n) is 3.30. The van der Waals surface area contributed by atoms with Crippen molar-refractivity contribution in [2.45, 2.75) is 6.92 Å². The lowest BCUT2D eigenvalue weighted by atomic mass is 10.0. The minimum Gasteiger partial charge on any atom is -0.398 e. The summed E-state index contributed by atoms with van der Waals surface area (Å²) in [6.45, 7) is 1.94. The Balaban J connectivity index is 2.32. The van der Waals surface area contributed by atoms with Crippen LogP contribution in [0.1, 0.15) is 11.1 Å². The van der Waals surface area contributed by atoms with E-state index in [1.807, 2.05) is 43.3 Å². The van der Waals surface area contributed by atoms with E-state index in [4.69, 9.17) is 5.73 Å². The van der Waals surface area contributed by atoms with E-state index in [-0.39, 0.29) is 0 Å². The zero-order valence-electron chi connectivity index (χ0n) is 10.9. The molecule has 0 spiro atoms. The van der Waals surface area contributed by atoms with Crippen molar-refractivity contribution >= 4 is 33.3 Å². The fourth-order valence-corrected chi connectivity index (χ4v) is 2.53. The number of imidazole rings is 1. The van der Waals surface area contributed by atoms with Crippen LogP contribution in [0.4, 0.5) is 5.69 Å². The van der Waals surface area contributed by atoms with Crippen LogP contribution in [0.25, 0.3) is 22.4 Å². The molecular formula is C15H13N3OS. The zero-order chi connectivity index (χ0) is 14.1. The number of aryl methyl sites for hydroxylation is 1. The number of H-pyrrole nitrogens is 1. The predicted molar refractivity (Wildman–Crippen MR) is 84.0 cm³/mol. The summed E-state index contributed by atoms with van der Waals surface area (Å²) in [5, 5.41) is 1.54. The molecule has 0 fully saturated rings. The van der Waals surface area contributed by atoms with E-state index in [0.717, 1.165) is 27.7 Å². The van der Waals surface area contributed by atoms with Gasteiger partial charge in [-0.05, 0) is 24.6 Å². The molecule has 0 radical (unpaired) electrons. The Morgan fingerprint density at radius 2 is 2.05 bits per heavy atom. The summed E-state index contributed by atoms with van der Waals surface area (Å²) in [4.78, 5) is 7.82. The van der Waals surface area contributed by atoms with E-state index in [9.17, 15) is 4.21 Å². The number of fused-ring (bicyclic) bond motifs is 1. The average Bonchev–Trinajstić information content (AvgIpc) is 2.86. The highest BCUT2D eigenvalue weighted by molar-refractivity contribution is 7.65. The molecule has 1 heterocycles. The Labute approximate surface area is 119 Å². The van der Waals surface area contributed by atoms with Crippen molar-refractivity contribution < 1.29 is 4.21 Å². The highest BCUT2D eigenvalue weighted by Crippen LogP contribution is 2.30. The summed E-state index contributed by atoms with van der Waals surface area (Å²) in [5.74, 6) is 0.688. The van der Waals surface area contributed by atoms with Crippen LogP contribution >= 0.6 is 0 Å². The molecule has 3 rings (SSSR count). The second-order valence-electron chi connectivity index (χ2n) is 4.58. The molecule has 0 aliphatic rings. The Bertz CT molecular complexity index is 814. The Hall–Kier alpha value is -2.40. The van der Waals surface area contributed by atoms with Crippen molar-refractivity contribution in [1.82, 2.24) is 9.97 Å². The number of nitrogens with zero attached hydrogens (tertiary/aromatic N) is 1.